The van der Waals surface area contributed by atoms with Gasteiger partial charge in [0.05, 0.1) is 13.1 Å². The van der Waals surface area contributed by atoms with Crippen LogP contribution in [0.15, 0.2) is 41.8 Å². The second kappa shape index (κ2) is 6.95. The van der Waals surface area contributed by atoms with Crippen molar-refractivity contribution in [2.75, 3.05) is 11.9 Å². The van der Waals surface area contributed by atoms with Crippen LogP contribution < -0.4 is 10.6 Å². The quantitative estimate of drug-likeness (QED) is 0.850. The van der Waals surface area contributed by atoms with Crippen LogP contribution in [0.4, 0.5) is 5.69 Å². The van der Waals surface area contributed by atoms with Gasteiger partial charge in [0.2, 0.25) is 5.91 Å². The highest BCUT2D eigenvalue weighted by molar-refractivity contribution is 7.09. The summed E-state index contributed by atoms with van der Waals surface area (Å²) in [5.74, 6) is 0.00738. The Hall–Kier alpha value is -1.81. The van der Waals surface area contributed by atoms with E-state index in [1.54, 1.807) is 11.3 Å². The largest absolute Gasteiger partial charge is 0.376 e. The van der Waals surface area contributed by atoms with Gasteiger partial charge in [-0.2, -0.15) is 0 Å². The van der Waals surface area contributed by atoms with Crippen LogP contribution in [0.3, 0.4) is 0 Å². The zero-order chi connectivity index (χ0) is 13.5. The molecule has 1 aromatic carbocycles. The normalized spacial score (nSPS) is 10.2. The summed E-state index contributed by atoms with van der Waals surface area (Å²) in [6.45, 7) is 3.03. The maximum absolute atomic E-state index is 11.7. The van der Waals surface area contributed by atoms with Gasteiger partial charge < -0.3 is 10.6 Å². The van der Waals surface area contributed by atoms with Gasteiger partial charge in [-0.3, -0.25) is 4.79 Å². The molecule has 0 atom stereocenters. The lowest BCUT2D eigenvalue weighted by atomic mass is 10.1. The third-order valence-corrected chi connectivity index (χ3v) is 3.73. The molecule has 0 saturated carbocycles. The number of anilines is 1. The van der Waals surface area contributed by atoms with Crippen LogP contribution in [-0.4, -0.2) is 12.5 Å². The second-order valence-corrected chi connectivity index (χ2v) is 5.29. The topological polar surface area (TPSA) is 41.1 Å². The van der Waals surface area contributed by atoms with E-state index in [2.05, 4.69) is 29.7 Å². The summed E-state index contributed by atoms with van der Waals surface area (Å²) >= 11 is 1.65. The molecule has 1 heterocycles. The number of carbonyl (C=O) groups is 1. The molecule has 0 aliphatic heterocycles. The Kier molecular flexibility index (Phi) is 4.98. The first-order valence-electron chi connectivity index (χ1n) is 6.40. The Balaban J connectivity index is 1.73. The predicted octanol–water partition coefficient (Wildman–Crippen LogP) is 3.04. The van der Waals surface area contributed by atoms with Crippen LogP contribution in [0.25, 0.3) is 0 Å². The van der Waals surface area contributed by atoms with Gasteiger partial charge in [0.1, 0.15) is 0 Å². The fourth-order valence-corrected chi connectivity index (χ4v) is 2.35. The summed E-state index contributed by atoms with van der Waals surface area (Å²) in [5.41, 5.74) is 2.27. The highest BCUT2D eigenvalue weighted by Gasteiger charge is 2.01. The van der Waals surface area contributed by atoms with Crippen LogP contribution >= 0.6 is 11.3 Å². The summed E-state index contributed by atoms with van der Waals surface area (Å²) in [6.07, 6.45) is 1.03. The molecule has 3 nitrogen and oxygen atoms in total. The van der Waals surface area contributed by atoms with Crippen molar-refractivity contribution in [1.29, 1.82) is 0 Å². The molecule has 0 spiro atoms. The molecule has 0 aliphatic rings. The smallest absolute Gasteiger partial charge is 0.239 e. The lowest BCUT2D eigenvalue weighted by molar-refractivity contribution is -0.119. The summed E-state index contributed by atoms with van der Waals surface area (Å²) in [4.78, 5) is 12.8. The SMILES string of the molecule is CCc1ccc(NCC(=O)NCc2cccs2)cc1. The highest BCUT2D eigenvalue weighted by Crippen LogP contribution is 2.10. The Bertz CT molecular complexity index is 505. The number of nitrogens with one attached hydrogen (secondary N) is 2. The minimum absolute atomic E-state index is 0.00738. The molecule has 2 rings (SSSR count). The average molecular weight is 274 g/mol. The van der Waals surface area contributed by atoms with Crippen LogP contribution in [0, 0.1) is 0 Å². The predicted molar refractivity (Wildman–Crippen MR) is 80.5 cm³/mol. The molecule has 1 aromatic heterocycles. The van der Waals surface area contributed by atoms with E-state index in [4.69, 9.17) is 0 Å². The Labute approximate surface area is 117 Å². The molecule has 0 aliphatic carbocycles. The van der Waals surface area contributed by atoms with Gasteiger partial charge in [0.25, 0.3) is 0 Å². The number of hydrogen-bond acceptors (Lipinski definition) is 3. The first-order valence-corrected chi connectivity index (χ1v) is 7.28. The molecule has 100 valence electrons. The second-order valence-electron chi connectivity index (χ2n) is 4.26. The monoisotopic (exact) mass is 274 g/mol. The van der Waals surface area contributed by atoms with Gasteiger partial charge in [-0.15, -0.1) is 11.3 Å². The van der Waals surface area contributed by atoms with E-state index in [-0.39, 0.29) is 5.91 Å². The van der Waals surface area contributed by atoms with Crippen molar-refractivity contribution in [3.05, 3.63) is 52.2 Å². The van der Waals surface area contributed by atoms with Crippen molar-refractivity contribution in [1.82, 2.24) is 5.32 Å². The van der Waals surface area contributed by atoms with Gasteiger partial charge in [0, 0.05) is 10.6 Å². The molecule has 0 radical (unpaired) electrons. The van der Waals surface area contributed by atoms with Crippen molar-refractivity contribution in [2.45, 2.75) is 19.9 Å². The van der Waals surface area contributed by atoms with E-state index in [0.717, 1.165) is 12.1 Å². The number of aryl methyl sites for hydroxylation is 1. The fraction of sp³-hybridized carbons (Fsp3) is 0.267. The lowest BCUT2D eigenvalue weighted by Crippen LogP contribution is -2.29. The standard InChI is InChI=1S/C15H18N2OS/c1-2-12-5-7-13(8-6-12)16-11-15(18)17-10-14-4-3-9-19-14/h3-9,16H,2,10-11H2,1H3,(H,17,18). The van der Waals surface area contributed by atoms with E-state index in [0.29, 0.717) is 13.1 Å². The molecule has 0 bridgehead atoms. The van der Waals surface area contributed by atoms with Gasteiger partial charge >= 0.3 is 0 Å². The van der Waals surface area contributed by atoms with E-state index in [1.807, 2.05) is 29.6 Å². The third-order valence-electron chi connectivity index (χ3n) is 2.86. The fourth-order valence-electron chi connectivity index (χ4n) is 1.70. The van der Waals surface area contributed by atoms with Crippen LogP contribution in [0.2, 0.25) is 0 Å². The molecule has 0 saturated heterocycles. The summed E-state index contributed by atoms with van der Waals surface area (Å²) in [5, 5.41) is 8.01. The van der Waals surface area contributed by atoms with E-state index in [9.17, 15) is 4.79 Å². The Morgan fingerprint density at radius 1 is 1.21 bits per heavy atom. The van der Waals surface area contributed by atoms with Crippen molar-refractivity contribution in [3.8, 4) is 0 Å². The van der Waals surface area contributed by atoms with Crippen LogP contribution in [0.1, 0.15) is 17.4 Å². The van der Waals surface area contributed by atoms with Crippen molar-refractivity contribution < 1.29 is 4.79 Å². The van der Waals surface area contributed by atoms with Crippen molar-refractivity contribution >= 4 is 22.9 Å². The van der Waals surface area contributed by atoms with Gasteiger partial charge in [-0.05, 0) is 35.6 Å². The maximum atomic E-state index is 11.7. The highest BCUT2D eigenvalue weighted by atomic mass is 32.1. The zero-order valence-electron chi connectivity index (χ0n) is 11.0. The van der Waals surface area contributed by atoms with Gasteiger partial charge in [-0.1, -0.05) is 25.1 Å². The first kappa shape index (κ1) is 13.6. The van der Waals surface area contributed by atoms with Crippen LogP contribution in [-0.2, 0) is 17.8 Å². The van der Waals surface area contributed by atoms with Crippen LogP contribution in [0.5, 0.6) is 0 Å². The number of benzene rings is 1. The number of amides is 1. The average Bonchev–Trinajstić information content (AvgIpc) is 2.96. The lowest BCUT2D eigenvalue weighted by Gasteiger charge is -2.07. The minimum atomic E-state index is 0.00738. The third kappa shape index (κ3) is 4.41. The Morgan fingerprint density at radius 3 is 2.63 bits per heavy atom. The van der Waals surface area contributed by atoms with Gasteiger partial charge in [0.15, 0.2) is 0 Å². The van der Waals surface area contributed by atoms with Crippen molar-refractivity contribution in [2.24, 2.45) is 0 Å². The molecular weight excluding hydrogens is 256 g/mol. The molecule has 1 amide bonds. The van der Waals surface area contributed by atoms with E-state index < -0.39 is 0 Å². The minimum Gasteiger partial charge on any atom is -0.376 e. The number of rotatable bonds is 6. The molecule has 2 aromatic rings. The van der Waals surface area contributed by atoms with Gasteiger partial charge in [-0.25, -0.2) is 0 Å². The Morgan fingerprint density at radius 2 is 2.00 bits per heavy atom. The molecular formula is C15H18N2OS. The molecule has 19 heavy (non-hydrogen) atoms. The molecule has 2 N–H and O–H groups in total. The maximum Gasteiger partial charge on any atom is 0.239 e. The van der Waals surface area contributed by atoms with E-state index in [1.165, 1.54) is 10.4 Å². The number of hydrogen-bond donors (Lipinski definition) is 2. The zero-order valence-corrected chi connectivity index (χ0v) is 11.8. The number of thiophene rings is 1. The van der Waals surface area contributed by atoms with E-state index >= 15 is 0 Å². The molecule has 0 fully saturated rings. The summed E-state index contributed by atoms with van der Waals surface area (Å²) in [7, 11) is 0. The molecule has 0 unspecified atom stereocenters. The summed E-state index contributed by atoms with van der Waals surface area (Å²) < 4.78 is 0. The number of carbonyl (C=O) groups excluding carboxylic acids is 1. The van der Waals surface area contributed by atoms with Crippen molar-refractivity contribution in [3.63, 3.8) is 0 Å². The summed E-state index contributed by atoms with van der Waals surface area (Å²) in [6, 6.07) is 12.2. The first-order chi connectivity index (χ1) is 9.28. The molecule has 4 heteroatoms.